The van der Waals surface area contributed by atoms with Gasteiger partial charge in [-0.05, 0) is 49.2 Å². The van der Waals surface area contributed by atoms with Crippen LogP contribution in [0.5, 0.6) is 0 Å². The molecule has 0 fully saturated rings. The van der Waals surface area contributed by atoms with Crippen LogP contribution in [0.4, 0.5) is 4.39 Å². The van der Waals surface area contributed by atoms with Gasteiger partial charge in [0.2, 0.25) is 15.9 Å². The highest BCUT2D eigenvalue weighted by Gasteiger charge is 2.15. The van der Waals surface area contributed by atoms with Gasteiger partial charge in [0, 0.05) is 11.4 Å². The minimum atomic E-state index is -3.71. The third kappa shape index (κ3) is 5.98. The first-order valence-electron chi connectivity index (χ1n) is 7.68. The molecule has 0 aliphatic rings. The van der Waals surface area contributed by atoms with Crippen molar-refractivity contribution >= 4 is 39.3 Å². The molecule has 1 amide bonds. The van der Waals surface area contributed by atoms with E-state index in [1.54, 1.807) is 25.1 Å². The molecule has 0 aliphatic heterocycles. The van der Waals surface area contributed by atoms with Crippen molar-refractivity contribution in [3.8, 4) is 0 Å². The lowest BCUT2D eigenvalue weighted by Gasteiger charge is -2.12. The van der Waals surface area contributed by atoms with Crippen LogP contribution in [0.3, 0.4) is 0 Å². The summed E-state index contributed by atoms with van der Waals surface area (Å²) in [6.45, 7) is 2.15. The molecule has 0 radical (unpaired) electrons. The van der Waals surface area contributed by atoms with Crippen molar-refractivity contribution in [1.29, 1.82) is 0 Å². The minimum Gasteiger partial charge on any atom is -0.355 e. The molecule has 2 rings (SSSR count). The van der Waals surface area contributed by atoms with Crippen molar-refractivity contribution in [3.05, 3.63) is 58.9 Å². The molecule has 9 heteroatoms. The van der Waals surface area contributed by atoms with Crippen LogP contribution < -0.4 is 10.5 Å². The van der Waals surface area contributed by atoms with Crippen LogP contribution in [-0.2, 0) is 21.2 Å². The number of nitrogens with one attached hydrogen (secondary N) is 1. The van der Waals surface area contributed by atoms with Gasteiger partial charge in [0.25, 0.3) is 0 Å². The minimum absolute atomic E-state index is 0.0190. The summed E-state index contributed by atoms with van der Waals surface area (Å²) < 4.78 is 35.6. The number of hydrogen-bond donors (Lipinski definition) is 2. The predicted octanol–water partition coefficient (Wildman–Crippen LogP) is 2.97. The fraction of sp³-hybridized carbons (Fsp3) is 0.235. The SMILES string of the molecule is C[C@H](Sc1ccc(F)c(Cl)c1)C(=O)NCCc1ccc(S(N)(=O)=O)cc1. The Bertz CT molecular complexity index is 889. The Morgan fingerprint density at radius 3 is 2.50 bits per heavy atom. The highest BCUT2D eigenvalue weighted by molar-refractivity contribution is 8.00. The monoisotopic (exact) mass is 416 g/mol. The second-order valence-corrected chi connectivity index (χ2v) is 8.95. The second-order valence-electron chi connectivity index (χ2n) is 5.57. The number of benzene rings is 2. The van der Waals surface area contributed by atoms with Crippen molar-refractivity contribution in [2.24, 2.45) is 5.14 Å². The quantitative estimate of drug-likeness (QED) is 0.679. The molecule has 0 spiro atoms. The molecule has 26 heavy (non-hydrogen) atoms. The van der Waals surface area contributed by atoms with Crippen LogP contribution in [0.1, 0.15) is 12.5 Å². The summed E-state index contributed by atoms with van der Waals surface area (Å²) >= 11 is 7.01. The number of primary sulfonamides is 1. The predicted molar refractivity (Wildman–Crippen MR) is 101 cm³/mol. The topological polar surface area (TPSA) is 89.3 Å². The van der Waals surface area contributed by atoms with E-state index in [1.807, 2.05) is 0 Å². The number of halogens is 2. The molecule has 0 heterocycles. The van der Waals surface area contributed by atoms with Crippen LogP contribution in [0.15, 0.2) is 52.3 Å². The maximum absolute atomic E-state index is 13.2. The Labute approximate surface area is 161 Å². The number of hydrogen-bond acceptors (Lipinski definition) is 4. The Morgan fingerprint density at radius 2 is 1.92 bits per heavy atom. The number of rotatable bonds is 7. The van der Waals surface area contributed by atoms with Gasteiger partial charge >= 0.3 is 0 Å². The maximum atomic E-state index is 13.2. The summed E-state index contributed by atoms with van der Waals surface area (Å²) in [5.41, 5.74) is 0.878. The van der Waals surface area contributed by atoms with Gasteiger partial charge in [-0.15, -0.1) is 11.8 Å². The van der Waals surface area contributed by atoms with E-state index in [9.17, 15) is 17.6 Å². The fourth-order valence-corrected chi connectivity index (χ4v) is 3.82. The van der Waals surface area contributed by atoms with Gasteiger partial charge in [-0.3, -0.25) is 4.79 Å². The van der Waals surface area contributed by atoms with Gasteiger partial charge in [-0.1, -0.05) is 23.7 Å². The molecule has 2 aromatic rings. The van der Waals surface area contributed by atoms with Crippen molar-refractivity contribution in [2.45, 2.75) is 28.4 Å². The summed E-state index contributed by atoms with van der Waals surface area (Å²) in [5.74, 6) is -0.654. The van der Waals surface area contributed by atoms with Gasteiger partial charge in [-0.2, -0.15) is 0 Å². The van der Waals surface area contributed by atoms with Crippen LogP contribution >= 0.6 is 23.4 Å². The molecule has 1 atom stereocenters. The first kappa shape index (κ1) is 20.7. The molecule has 0 aliphatic carbocycles. The maximum Gasteiger partial charge on any atom is 0.238 e. The summed E-state index contributed by atoms with van der Waals surface area (Å²) in [6, 6.07) is 10.5. The van der Waals surface area contributed by atoms with Crippen LogP contribution in [0, 0.1) is 5.82 Å². The number of sulfonamides is 1. The largest absolute Gasteiger partial charge is 0.355 e. The first-order valence-corrected chi connectivity index (χ1v) is 10.5. The lowest BCUT2D eigenvalue weighted by molar-refractivity contribution is -0.120. The van der Waals surface area contributed by atoms with E-state index < -0.39 is 15.8 Å². The van der Waals surface area contributed by atoms with E-state index in [1.165, 1.54) is 36.0 Å². The van der Waals surface area contributed by atoms with Crippen LogP contribution in [0.2, 0.25) is 5.02 Å². The van der Waals surface area contributed by atoms with Crippen molar-refractivity contribution in [1.82, 2.24) is 5.32 Å². The Hall–Kier alpha value is -1.61. The average Bonchev–Trinajstić information content (AvgIpc) is 2.57. The third-order valence-electron chi connectivity index (χ3n) is 3.54. The smallest absolute Gasteiger partial charge is 0.238 e. The zero-order valence-corrected chi connectivity index (χ0v) is 16.3. The molecule has 0 unspecified atom stereocenters. The normalized spacial score (nSPS) is 12.6. The van der Waals surface area contributed by atoms with Crippen molar-refractivity contribution in [2.75, 3.05) is 6.54 Å². The van der Waals surface area contributed by atoms with E-state index in [2.05, 4.69) is 5.32 Å². The molecular weight excluding hydrogens is 399 g/mol. The van der Waals surface area contributed by atoms with Gasteiger partial charge in [-0.25, -0.2) is 17.9 Å². The zero-order chi connectivity index (χ0) is 19.3. The molecule has 3 N–H and O–H groups in total. The number of nitrogens with two attached hydrogens (primary N) is 1. The van der Waals surface area contributed by atoms with Crippen molar-refractivity contribution < 1.29 is 17.6 Å². The van der Waals surface area contributed by atoms with E-state index in [0.717, 1.165) is 5.56 Å². The highest BCUT2D eigenvalue weighted by atomic mass is 35.5. The summed E-state index contributed by atoms with van der Waals surface area (Å²) in [6.07, 6.45) is 0.552. The van der Waals surface area contributed by atoms with Crippen LogP contribution in [0.25, 0.3) is 0 Å². The third-order valence-corrected chi connectivity index (χ3v) is 5.85. The second kappa shape index (κ2) is 8.85. The molecule has 0 aromatic heterocycles. The van der Waals surface area contributed by atoms with E-state index in [4.69, 9.17) is 16.7 Å². The number of amides is 1. The highest BCUT2D eigenvalue weighted by Crippen LogP contribution is 2.27. The van der Waals surface area contributed by atoms with Gasteiger partial charge in [0.15, 0.2) is 0 Å². The Morgan fingerprint density at radius 1 is 1.27 bits per heavy atom. The van der Waals surface area contributed by atoms with E-state index >= 15 is 0 Å². The lowest BCUT2D eigenvalue weighted by atomic mass is 10.1. The number of thioether (sulfide) groups is 1. The fourth-order valence-electron chi connectivity index (χ4n) is 2.13. The standard InChI is InChI=1S/C17H18ClFN2O3S2/c1-11(25-13-4-7-16(19)15(18)10-13)17(22)21-9-8-12-2-5-14(6-3-12)26(20,23)24/h2-7,10-11H,8-9H2,1H3,(H,21,22)(H2,20,23,24)/t11-/m0/s1. The molecule has 0 saturated heterocycles. The summed E-state index contributed by atoms with van der Waals surface area (Å²) in [5, 5.41) is 7.50. The molecule has 0 saturated carbocycles. The molecule has 2 aromatic carbocycles. The first-order chi connectivity index (χ1) is 12.2. The van der Waals surface area contributed by atoms with Gasteiger partial charge < -0.3 is 5.32 Å². The van der Waals surface area contributed by atoms with Gasteiger partial charge in [0.1, 0.15) is 5.82 Å². The van der Waals surface area contributed by atoms with E-state index in [0.29, 0.717) is 17.9 Å². The lowest BCUT2D eigenvalue weighted by Crippen LogP contribution is -2.32. The Kier molecular flexibility index (Phi) is 7.05. The molecule has 5 nitrogen and oxygen atoms in total. The van der Waals surface area contributed by atoms with E-state index in [-0.39, 0.29) is 21.1 Å². The summed E-state index contributed by atoms with van der Waals surface area (Å²) in [7, 11) is -3.71. The molecular formula is C17H18ClFN2O3S2. The average molecular weight is 417 g/mol. The Balaban J connectivity index is 1.83. The van der Waals surface area contributed by atoms with Gasteiger partial charge in [0.05, 0.1) is 15.2 Å². The molecule has 140 valence electrons. The number of carbonyl (C=O) groups is 1. The zero-order valence-electron chi connectivity index (χ0n) is 13.9. The summed E-state index contributed by atoms with van der Waals surface area (Å²) in [4.78, 5) is 12.9. The number of carbonyl (C=O) groups excluding carboxylic acids is 1. The molecule has 0 bridgehead atoms. The van der Waals surface area contributed by atoms with Crippen molar-refractivity contribution in [3.63, 3.8) is 0 Å². The van der Waals surface area contributed by atoms with Crippen LogP contribution in [-0.4, -0.2) is 26.1 Å².